The Balaban J connectivity index is 2.41. The van der Waals surface area contributed by atoms with E-state index in [9.17, 15) is 4.79 Å². The quantitative estimate of drug-likeness (QED) is 0.892. The molecule has 1 aromatic carbocycles. The van der Waals surface area contributed by atoms with E-state index >= 15 is 0 Å². The number of amides is 1. The highest BCUT2D eigenvalue weighted by molar-refractivity contribution is 5.81. The number of benzene rings is 1. The van der Waals surface area contributed by atoms with E-state index in [1.165, 1.54) is 0 Å². The van der Waals surface area contributed by atoms with Crippen LogP contribution in [0.5, 0.6) is 11.5 Å². The Hall–Kier alpha value is -1.71. The van der Waals surface area contributed by atoms with Gasteiger partial charge in [-0.25, -0.2) is 0 Å². The summed E-state index contributed by atoms with van der Waals surface area (Å²) in [6.45, 7) is 4.07. The van der Waals surface area contributed by atoms with Gasteiger partial charge < -0.3 is 14.8 Å². The van der Waals surface area contributed by atoms with Gasteiger partial charge in [-0.1, -0.05) is 0 Å². The lowest BCUT2D eigenvalue weighted by molar-refractivity contribution is -0.119. The fourth-order valence-electron chi connectivity index (χ4n) is 2.50. The van der Waals surface area contributed by atoms with Crippen LogP contribution in [0.25, 0.3) is 0 Å². The Morgan fingerprint density at radius 2 is 1.72 bits per heavy atom. The highest BCUT2D eigenvalue weighted by Gasteiger charge is 2.40. The molecule has 1 unspecified atom stereocenters. The minimum absolute atomic E-state index is 0.0896. The van der Waals surface area contributed by atoms with Gasteiger partial charge in [-0.3, -0.25) is 4.79 Å². The second kappa shape index (κ2) is 4.52. The highest BCUT2D eigenvalue weighted by Crippen LogP contribution is 2.38. The maximum atomic E-state index is 11.6. The molecule has 4 nitrogen and oxygen atoms in total. The van der Waals surface area contributed by atoms with Gasteiger partial charge in [0.2, 0.25) is 5.91 Å². The average molecular weight is 249 g/mol. The van der Waals surface area contributed by atoms with Gasteiger partial charge in [-0.2, -0.15) is 0 Å². The lowest BCUT2D eigenvalue weighted by Crippen LogP contribution is -2.38. The van der Waals surface area contributed by atoms with Crippen molar-refractivity contribution in [1.82, 2.24) is 5.32 Å². The first-order chi connectivity index (χ1) is 8.46. The molecule has 0 spiro atoms. The average Bonchev–Trinajstić information content (AvgIpc) is 2.61. The number of carbonyl (C=O) groups is 1. The SMILES string of the molecule is COc1cc(OC)cc(C2CC(=O)NC2(C)C)c1. The van der Waals surface area contributed by atoms with Gasteiger partial charge in [-0.05, 0) is 31.5 Å². The third-order valence-corrected chi connectivity index (χ3v) is 3.50. The summed E-state index contributed by atoms with van der Waals surface area (Å²) in [5, 5.41) is 3.00. The molecular weight excluding hydrogens is 230 g/mol. The summed E-state index contributed by atoms with van der Waals surface area (Å²) >= 11 is 0. The Morgan fingerprint density at radius 1 is 1.17 bits per heavy atom. The van der Waals surface area contributed by atoms with Gasteiger partial charge >= 0.3 is 0 Å². The zero-order valence-electron chi connectivity index (χ0n) is 11.2. The predicted octanol–water partition coefficient (Wildman–Crippen LogP) is 2.09. The van der Waals surface area contributed by atoms with E-state index in [0.717, 1.165) is 17.1 Å². The molecule has 1 atom stereocenters. The summed E-state index contributed by atoms with van der Waals surface area (Å²) < 4.78 is 10.5. The van der Waals surface area contributed by atoms with Crippen molar-refractivity contribution in [3.05, 3.63) is 23.8 Å². The van der Waals surface area contributed by atoms with Gasteiger partial charge in [-0.15, -0.1) is 0 Å². The molecule has 1 saturated heterocycles. The van der Waals surface area contributed by atoms with Crippen LogP contribution in [0.1, 0.15) is 31.7 Å². The Kier molecular flexibility index (Phi) is 3.20. The van der Waals surface area contributed by atoms with Crippen molar-refractivity contribution in [2.24, 2.45) is 0 Å². The number of nitrogens with one attached hydrogen (secondary N) is 1. The third-order valence-electron chi connectivity index (χ3n) is 3.50. The molecule has 0 aromatic heterocycles. The molecular formula is C14H19NO3. The molecule has 4 heteroatoms. The molecule has 1 fully saturated rings. The van der Waals surface area contributed by atoms with E-state index in [1.807, 2.05) is 32.0 Å². The standard InChI is InChI=1S/C14H19NO3/c1-14(2)12(8-13(16)15-14)9-5-10(17-3)7-11(6-9)18-4/h5-7,12H,8H2,1-4H3,(H,15,16). The van der Waals surface area contributed by atoms with Gasteiger partial charge in [0, 0.05) is 23.9 Å². The number of methoxy groups -OCH3 is 2. The Bertz CT molecular complexity index is 446. The van der Waals surface area contributed by atoms with Gasteiger partial charge in [0.05, 0.1) is 14.2 Å². The van der Waals surface area contributed by atoms with Crippen LogP contribution < -0.4 is 14.8 Å². The van der Waals surface area contributed by atoms with Crippen LogP contribution in [-0.2, 0) is 4.79 Å². The van der Waals surface area contributed by atoms with Crippen LogP contribution in [-0.4, -0.2) is 25.7 Å². The monoisotopic (exact) mass is 249 g/mol. The van der Waals surface area contributed by atoms with Crippen LogP contribution in [0.2, 0.25) is 0 Å². The number of carbonyl (C=O) groups excluding carboxylic acids is 1. The van der Waals surface area contributed by atoms with E-state index in [1.54, 1.807) is 14.2 Å². The smallest absolute Gasteiger partial charge is 0.221 e. The van der Waals surface area contributed by atoms with Crippen molar-refractivity contribution in [3.8, 4) is 11.5 Å². The fraction of sp³-hybridized carbons (Fsp3) is 0.500. The van der Waals surface area contributed by atoms with Crippen molar-refractivity contribution >= 4 is 5.91 Å². The highest BCUT2D eigenvalue weighted by atomic mass is 16.5. The number of ether oxygens (including phenoxy) is 2. The van der Waals surface area contributed by atoms with Crippen molar-refractivity contribution < 1.29 is 14.3 Å². The number of hydrogen-bond acceptors (Lipinski definition) is 3. The summed E-state index contributed by atoms with van der Waals surface area (Å²) in [7, 11) is 3.25. The third kappa shape index (κ3) is 2.28. The van der Waals surface area contributed by atoms with Crippen molar-refractivity contribution in [2.45, 2.75) is 31.7 Å². The Morgan fingerprint density at radius 3 is 2.11 bits per heavy atom. The fourth-order valence-corrected chi connectivity index (χ4v) is 2.50. The van der Waals surface area contributed by atoms with Crippen molar-refractivity contribution in [3.63, 3.8) is 0 Å². The second-order valence-corrected chi connectivity index (χ2v) is 5.17. The van der Waals surface area contributed by atoms with E-state index < -0.39 is 0 Å². The van der Waals surface area contributed by atoms with E-state index in [2.05, 4.69) is 5.32 Å². The van der Waals surface area contributed by atoms with Gasteiger partial charge in [0.25, 0.3) is 0 Å². The van der Waals surface area contributed by atoms with Crippen LogP contribution in [0, 0.1) is 0 Å². The van der Waals surface area contributed by atoms with Crippen LogP contribution >= 0.6 is 0 Å². The number of hydrogen-bond donors (Lipinski definition) is 1. The first kappa shape index (κ1) is 12.7. The van der Waals surface area contributed by atoms with E-state index in [4.69, 9.17) is 9.47 Å². The zero-order valence-corrected chi connectivity index (χ0v) is 11.2. The molecule has 1 amide bonds. The summed E-state index contributed by atoms with van der Waals surface area (Å²) in [5.41, 5.74) is 0.823. The predicted molar refractivity (Wildman–Crippen MR) is 69.1 cm³/mol. The van der Waals surface area contributed by atoms with Gasteiger partial charge in [0.1, 0.15) is 11.5 Å². The first-order valence-electron chi connectivity index (χ1n) is 6.00. The normalized spacial score (nSPS) is 21.6. The van der Waals surface area contributed by atoms with E-state index in [0.29, 0.717) is 6.42 Å². The molecule has 0 saturated carbocycles. The van der Waals surface area contributed by atoms with Crippen molar-refractivity contribution in [2.75, 3.05) is 14.2 Å². The molecule has 1 aliphatic rings. The van der Waals surface area contributed by atoms with Crippen molar-refractivity contribution in [1.29, 1.82) is 0 Å². The Labute approximate surface area is 107 Å². The summed E-state index contributed by atoms with van der Waals surface area (Å²) in [4.78, 5) is 11.6. The zero-order chi connectivity index (χ0) is 13.3. The van der Waals surface area contributed by atoms with Crippen LogP contribution in [0.15, 0.2) is 18.2 Å². The summed E-state index contributed by atoms with van der Waals surface area (Å²) in [6.07, 6.45) is 0.503. The molecule has 18 heavy (non-hydrogen) atoms. The topological polar surface area (TPSA) is 47.6 Å². The molecule has 1 N–H and O–H groups in total. The molecule has 2 rings (SSSR count). The van der Waals surface area contributed by atoms with Crippen LogP contribution in [0.3, 0.4) is 0 Å². The number of rotatable bonds is 3. The maximum Gasteiger partial charge on any atom is 0.221 e. The minimum atomic E-state index is -0.242. The maximum absolute atomic E-state index is 11.6. The molecule has 0 bridgehead atoms. The molecule has 0 aliphatic carbocycles. The molecule has 0 radical (unpaired) electrons. The molecule has 1 aliphatic heterocycles. The summed E-state index contributed by atoms with van der Waals surface area (Å²) in [5.74, 6) is 1.72. The molecule has 98 valence electrons. The lowest BCUT2D eigenvalue weighted by Gasteiger charge is -2.27. The summed E-state index contributed by atoms with van der Waals surface area (Å²) in [6, 6.07) is 5.77. The van der Waals surface area contributed by atoms with Gasteiger partial charge in [0.15, 0.2) is 0 Å². The molecule has 1 aromatic rings. The largest absolute Gasteiger partial charge is 0.497 e. The lowest BCUT2D eigenvalue weighted by atomic mass is 9.83. The minimum Gasteiger partial charge on any atom is -0.497 e. The van der Waals surface area contributed by atoms with Crippen LogP contribution in [0.4, 0.5) is 0 Å². The first-order valence-corrected chi connectivity index (χ1v) is 6.00. The molecule has 1 heterocycles. The second-order valence-electron chi connectivity index (χ2n) is 5.17. The van der Waals surface area contributed by atoms with E-state index in [-0.39, 0.29) is 17.4 Å².